The number of unbranched alkanes of at least 4 members (excludes halogenated alkanes) is 1. The minimum atomic E-state index is -0.0968. The third-order valence-electron chi connectivity index (χ3n) is 3.93. The van der Waals surface area contributed by atoms with Gasteiger partial charge in [-0.3, -0.25) is 0 Å². The smallest absolute Gasteiger partial charge is 0.160 e. The van der Waals surface area contributed by atoms with Gasteiger partial charge in [0.05, 0.1) is 5.38 Å². The molecule has 3 nitrogen and oxygen atoms in total. The van der Waals surface area contributed by atoms with Crippen LogP contribution in [0.4, 0.5) is 0 Å². The maximum Gasteiger partial charge on any atom is 0.160 e. The molecule has 2 unspecified atom stereocenters. The Morgan fingerprint density at radius 1 is 1.24 bits per heavy atom. The zero-order valence-electron chi connectivity index (χ0n) is 13.6. The van der Waals surface area contributed by atoms with E-state index in [2.05, 4.69) is 36.4 Å². The number of pyridine rings is 1. The average Bonchev–Trinajstić information content (AvgIpc) is 2.82. The number of nitrogens with zero attached hydrogens (tertiary/aromatic N) is 3. The fraction of sp³-hybridized carbons (Fsp3) is 0.647. The second-order valence-electron chi connectivity index (χ2n) is 5.90. The molecule has 0 saturated carbocycles. The van der Waals surface area contributed by atoms with Crippen molar-refractivity contribution in [3.63, 3.8) is 0 Å². The van der Waals surface area contributed by atoms with Gasteiger partial charge in [0.25, 0.3) is 0 Å². The monoisotopic (exact) mass is 307 g/mol. The summed E-state index contributed by atoms with van der Waals surface area (Å²) < 4.78 is 2.30. The highest BCUT2D eigenvalue weighted by molar-refractivity contribution is 6.20. The van der Waals surface area contributed by atoms with Gasteiger partial charge in [0.15, 0.2) is 5.65 Å². The summed E-state index contributed by atoms with van der Waals surface area (Å²) >= 11 is 6.39. The molecular weight excluding hydrogens is 282 g/mol. The number of hydrogen-bond donors (Lipinski definition) is 0. The maximum atomic E-state index is 6.39. The van der Waals surface area contributed by atoms with Crippen LogP contribution in [-0.2, 0) is 0 Å². The highest BCUT2D eigenvalue weighted by atomic mass is 35.5. The van der Waals surface area contributed by atoms with Crippen LogP contribution in [0.1, 0.15) is 75.7 Å². The van der Waals surface area contributed by atoms with E-state index < -0.39 is 0 Å². The van der Waals surface area contributed by atoms with E-state index >= 15 is 0 Å². The van der Waals surface area contributed by atoms with Crippen molar-refractivity contribution in [2.75, 3.05) is 0 Å². The van der Waals surface area contributed by atoms with Crippen molar-refractivity contribution < 1.29 is 0 Å². The van der Waals surface area contributed by atoms with Gasteiger partial charge >= 0.3 is 0 Å². The zero-order valence-corrected chi connectivity index (χ0v) is 14.3. The van der Waals surface area contributed by atoms with Crippen molar-refractivity contribution >= 4 is 22.8 Å². The van der Waals surface area contributed by atoms with Gasteiger partial charge in [-0.2, -0.15) is 0 Å². The van der Waals surface area contributed by atoms with Crippen LogP contribution in [0.2, 0.25) is 0 Å². The lowest BCUT2D eigenvalue weighted by Gasteiger charge is -2.21. The first-order valence-corrected chi connectivity index (χ1v) is 8.50. The summed E-state index contributed by atoms with van der Waals surface area (Å²) in [5, 5.41) is -0.0968. The van der Waals surface area contributed by atoms with E-state index in [9.17, 15) is 0 Å². The SMILES string of the molecule is CCCCC(CCC)n1c(C(C)Cl)nc2cc(C)cnc21. The van der Waals surface area contributed by atoms with Crippen molar-refractivity contribution in [1.29, 1.82) is 0 Å². The van der Waals surface area contributed by atoms with Crippen LogP contribution < -0.4 is 0 Å². The molecule has 116 valence electrons. The first-order valence-electron chi connectivity index (χ1n) is 8.07. The molecule has 2 aromatic rings. The molecule has 0 aliphatic rings. The summed E-state index contributed by atoms with van der Waals surface area (Å²) in [6.45, 7) is 8.52. The molecule has 0 aromatic carbocycles. The molecule has 0 aliphatic carbocycles. The van der Waals surface area contributed by atoms with Crippen LogP contribution in [-0.4, -0.2) is 14.5 Å². The first-order chi connectivity index (χ1) is 10.1. The summed E-state index contributed by atoms with van der Waals surface area (Å²) in [7, 11) is 0. The van der Waals surface area contributed by atoms with Gasteiger partial charge in [-0.05, 0) is 38.3 Å². The van der Waals surface area contributed by atoms with Crippen molar-refractivity contribution in [3.05, 3.63) is 23.7 Å². The molecule has 0 saturated heterocycles. The van der Waals surface area contributed by atoms with Crippen molar-refractivity contribution in [2.24, 2.45) is 0 Å². The summed E-state index contributed by atoms with van der Waals surface area (Å²) in [6.07, 6.45) is 7.85. The van der Waals surface area contributed by atoms with E-state index in [1.54, 1.807) is 0 Å². The van der Waals surface area contributed by atoms with Gasteiger partial charge < -0.3 is 4.57 Å². The van der Waals surface area contributed by atoms with E-state index in [1.165, 1.54) is 19.3 Å². The van der Waals surface area contributed by atoms with Crippen LogP contribution in [0, 0.1) is 6.92 Å². The second-order valence-corrected chi connectivity index (χ2v) is 6.55. The second kappa shape index (κ2) is 7.26. The molecular formula is C17H26ClN3. The minimum Gasteiger partial charge on any atom is -0.308 e. The number of alkyl halides is 1. The molecule has 2 aromatic heterocycles. The fourth-order valence-electron chi connectivity index (χ4n) is 2.92. The Balaban J connectivity index is 2.53. The summed E-state index contributed by atoms with van der Waals surface area (Å²) in [5.74, 6) is 0.958. The molecule has 0 aliphatic heterocycles. The number of aromatic nitrogens is 3. The maximum absolute atomic E-state index is 6.39. The molecule has 0 bridgehead atoms. The lowest BCUT2D eigenvalue weighted by molar-refractivity contribution is 0.412. The van der Waals surface area contributed by atoms with Gasteiger partial charge in [0.2, 0.25) is 0 Å². The number of fused-ring (bicyclic) bond motifs is 1. The first kappa shape index (κ1) is 16.3. The Kier molecular flexibility index (Phi) is 5.63. The number of hydrogen-bond acceptors (Lipinski definition) is 2. The van der Waals surface area contributed by atoms with Gasteiger partial charge in [-0.25, -0.2) is 9.97 Å². The lowest BCUT2D eigenvalue weighted by atomic mass is 10.0. The van der Waals surface area contributed by atoms with Crippen molar-refractivity contribution in [3.8, 4) is 0 Å². The molecule has 0 N–H and O–H groups in total. The minimum absolute atomic E-state index is 0.0968. The molecule has 2 atom stereocenters. The summed E-state index contributed by atoms with van der Waals surface area (Å²) in [6, 6.07) is 2.55. The average molecular weight is 308 g/mol. The standard InChI is InChI=1S/C17H26ClN3/c1-5-7-9-14(8-6-2)21-16(13(4)18)20-15-10-12(3)11-19-17(15)21/h10-11,13-14H,5-9H2,1-4H3. The van der Waals surface area contributed by atoms with Crippen molar-refractivity contribution in [1.82, 2.24) is 14.5 Å². The Labute approximate surface area is 132 Å². The molecule has 0 spiro atoms. The zero-order chi connectivity index (χ0) is 15.4. The molecule has 0 amide bonds. The fourth-order valence-corrected chi connectivity index (χ4v) is 3.07. The third kappa shape index (κ3) is 3.57. The van der Waals surface area contributed by atoms with Crippen LogP contribution in [0.15, 0.2) is 12.3 Å². The summed E-state index contributed by atoms with van der Waals surface area (Å²) in [5.41, 5.74) is 3.09. The number of rotatable bonds is 7. The predicted molar refractivity (Wildman–Crippen MR) is 90.0 cm³/mol. The Hall–Kier alpha value is -1.09. The van der Waals surface area contributed by atoms with Crippen molar-refractivity contribution in [2.45, 2.75) is 71.2 Å². The topological polar surface area (TPSA) is 30.7 Å². The van der Waals surface area contributed by atoms with Crippen LogP contribution in [0.5, 0.6) is 0 Å². The van der Waals surface area contributed by atoms with Gasteiger partial charge in [0.1, 0.15) is 11.3 Å². The van der Waals surface area contributed by atoms with E-state index in [1.807, 2.05) is 13.1 Å². The third-order valence-corrected chi connectivity index (χ3v) is 4.12. The van der Waals surface area contributed by atoms with Crippen LogP contribution in [0.3, 0.4) is 0 Å². The number of halogens is 1. The Bertz CT molecular complexity index is 589. The lowest BCUT2D eigenvalue weighted by Crippen LogP contribution is -2.13. The molecule has 0 fully saturated rings. The highest BCUT2D eigenvalue weighted by Gasteiger charge is 2.21. The molecule has 21 heavy (non-hydrogen) atoms. The highest BCUT2D eigenvalue weighted by Crippen LogP contribution is 2.31. The van der Waals surface area contributed by atoms with Crippen LogP contribution >= 0.6 is 11.6 Å². The van der Waals surface area contributed by atoms with Gasteiger partial charge in [-0.15, -0.1) is 11.6 Å². The van der Waals surface area contributed by atoms with Crippen LogP contribution in [0.25, 0.3) is 11.2 Å². The number of imidazole rings is 1. The van der Waals surface area contributed by atoms with Gasteiger partial charge in [-0.1, -0.05) is 33.1 Å². The molecule has 2 heterocycles. The van der Waals surface area contributed by atoms with E-state index in [0.717, 1.165) is 35.4 Å². The van der Waals surface area contributed by atoms with E-state index in [-0.39, 0.29) is 5.38 Å². The number of aryl methyl sites for hydroxylation is 1. The molecule has 0 radical (unpaired) electrons. The Morgan fingerprint density at radius 3 is 2.62 bits per heavy atom. The van der Waals surface area contributed by atoms with E-state index in [4.69, 9.17) is 16.6 Å². The predicted octanol–water partition coefficient (Wildman–Crippen LogP) is 5.57. The normalized spacial score (nSPS) is 14.5. The summed E-state index contributed by atoms with van der Waals surface area (Å²) in [4.78, 5) is 9.39. The van der Waals surface area contributed by atoms with Gasteiger partial charge in [0, 0.05) is 12.2 Å². The largest absolute Gasteiger partial charge is 0.308 e. The van der Waals surface area contributed by atoms with E-state index in [0.29, 0.717) is 6.04 Å². The molecule has 4 heteroatoms. The molecule has 2 rings (SSSR count). The quantitative estimate of drug-likeness (QED) is 0.626. The Morgan fingerprint density at radius 2 is 2.00 bits per heavy atom.